The van der Waals surface area contributed by atoms with Crippen molar-refractivity contribution < 1.29 is 9.59 Å². The summed E-state index contributed by atoms with van der Waals surface area (Å²) in [5, 5.41) is 10.8. The Labute approximate surface area is 221 Å². The summed E-state index contributed by atoms with van der Waals surface area (Å²) >= 11 is 0. The number of nitrogens with zero attached hydrogens (tertiary/aromatic N) is 3. The van der Waals surface area contributed by atoms with Crippen molar-refractivity contribution in [3.63, 3.8) is 0 Å². The molecule has 198 valence electrons. The van der Waals surface area contributed by atoms with Crippen LogP contribution in [0.1, 0.15) is 69.3 Å². The van der Waals surface area contributed by atoms with Crippen molar-refractivity contribution in [3.05, 3.63) is 70.9 Å². The molecule has 0 aliphatic heterocycles. The second kappa shape index (κ2) is 12.1. The Morgan fingerprint density at radius 2 is 1.68 bits per heavy atom. The smallest absolute Gasteiger partial charge is 0.315 e. The third-order valence-electron chi connectivity index (χ3n) is 6.37. The van der Waals surface area contributed by atoms with E-state index in [1.165, 1.54) is 0 Å². The Hall–Kier alpha value is -3.61. The maximum Gasteiger partial charge on any atom is 0.322 e. The van der Waals surface area contributed by atoms with E-state index in [-0.39, 0.29) is 23.9 Å². The Kier molecular flexibility index (Phi) is 9.14. The zero-order valence-corrected chi connectivity index (χ0v) is 23.3. The monoisotopic (exact) mass is 503 g/mol. The molecule has 3 aromatic rings. The first-order valence-electron chi connectivity index (χ1n) is 13.1. The van der Waals surface area contributed by atoms with Gasteiger partial charge in [0.05, 0.1) is 11.4 Å². The molecule has 0 fully saturated rings. The van der Waals surface area contributed by atoms with Crippen LogP contribution in [0.5, 0.6) is 0 Å². The molecule has 0 unspecified atom stereocenters. The number of nitrogens with one attached hydrogen (secondary N) is 2. The molecule has 0 saturated heterocycles. The van der Waals surface area contributed by atoms with Crippen molar-refractivity contribution in [1.29, 1.82) is 0 Å². The lowest BCUT2D eigenvalue weighted by Crippen LogP contribution is -2.41. The summed E-state index contributed by atoms with van der Waals surface area (Å²) in [5.41, 5.74) is 5.52. The minimum absolute atomic E-state index is 0.0513. The van der Waals surface area contributed by atoms with Crippen molar-refractivity contribution in [3.8, 4) is 5.69 Å². The molecule has 2 N–H and O–H groups in total. The van der Waals surface area contributed by atoms with Gasteiger partial charge in [-0.2, -0.15) is 5.10 Å². The van der Waals surface area contributed by atoms with E-state index in [4.69, 9.17) is 5.10 Å². The number of hydrogen-bond acceptors (Lipinski definition) is 3. The van der Waals surface area contributed by atoms with Gasteiger partial charge in [-0.05, 0) is 50.5 Å². The van der Waals surface area contributed by atoms with Crippen LogP contribution in [0.2, 0.25) is 0 Å². The van der Waals surface area contributed by atoms with E-state index in [9.17, 15) is 9.59 Å². The van der Waals surface area contributed by atoms with Gasteiger partial charge >= 0.3 is 6.03 Å². The molecule has 0 aliphatic rings. The Morgan fingerprint density at radius 3 is 2.32 bits per heavy atom. The highest BCUT2D eigenvalue weighted by atomic mass is 16.2. The number of unbranched alkanes of at least 4 members (excludes halogenated alkanes) is 2. The van der Waals surface area contributed by atoms with Crippen LogP contribution < -0.4 is 10.6 Å². The number of anilines is 2. The molecule has 3 amide bonds. The first kappa shape index (κ1) is 28.0. The van der Waals surface area contributed by atoms with E-state index < -0.39 is 0 Å². The third kappa shape index (κ3) is 7.44. The van der Waals surface area contributed by atoms with Crippen LogP contribution >= 0.6 is 0 Å². The second-order valence-corrected chi connectivity index (χ2v) is 10.8. The van der Waals surface area contributed by atoms with Gasteiger partial charge in [-0.3, -0.25) is 4.79 Å². The minimum Gasteiger partial charge on any atom is -0.315 e. The quantitative estimate of drug-likeness (QED) is 0.317. The number of aryl methyl sites for hydroxylation is 3. The fraction of sp³-hybridized carbons (Fsp3) is 0.433. The Morgan fingerprint density at radius 1 is 0.946 bits per heavy atom. The highest BCUT2D eigenvalue weighted by Gasteiger charge is 2.23. The number of aromatic nitrogens is 2. The molecule has 2 aromatic carbocycles. The van der Waals surface area contributed by atoms with Crippen molar-refractivity contribution in [2.24, 2.45) is 0 Å². The van der Waals surface area contributed by atoms with Gasteiger partial charge in [-0.1, -0.05) is 76.4 Å². The van der Waals surface area contributed by atoms with Gasteiger partial charge in [0.1, 0.15) is 12.4 Å². The van der Waals surface area contributed by atoms with Crippen LogP contribution in [-0.4, -0.2) is 39.7 Å². The predicted octanol–water partition coefficient (Wildman–Crippen LogP) is 6.76. The molecular weight excluding hydrogens is 462 g/mol. The lowest BCUT2D eigenvalue weighted by atomic mass is 9.92. The van der Waals surface area contributed by atoms with Crippen molar-refractivity contribution in [2.45, 2.75) is 73.1 Å². The molecular formula is C30H41N5O2. The summed E-state index contributed by atoms with van der Waals surface area (Å²) in [6.45, 7) is 14.9. The molecule has 3 rings (SSSR count). The SMILES string of the molecule is CCCCCN(CC(=O)Nc1cc(C(C)(C)C)nn1-c1ccccc1C)C(=O)Nc1ccc(C)cc1C. The normalized spacial score (nSPS) is 11.3. The molecule has 37 heavy (non-hydrogen) atoms. The number of carbonyl (C=O) groups is 2. The van der Waals surface area contributed by atoms with Crippen LogP contribution in [0.25, 0.3) is 5.69 Å². The first-order valence-corrected chi connectivity index (χ1v) is 13.1. The maximum atomic E-state index is 13.3. The topological polar surface area (TPSA) is 79.3 Å². The number of urea groups is 1. The molecule has 7 nitrogen and oxygen atoms in total. The Balaban J connectivity index is 1.82. The fourth-order valence-corrected chi connectivity index (χ4v) is 4.13. The second-order valence-electron chi connectivity index (χ2n) is 10.8. The number of benzene rings is 2. The highest BCUT2D eigenvalue weighted by molar-refractivity contribution is 5.97. The van der Waals surface area contributed by atoms with Crippen molar-refractivity contribution in [1.82, 2.24) is 14.7 Å². The number of rotatable bonds is 9. The number of carbonyl (C=O) groups excluding carboxylic acids is 2. The van der Waals surface area contributed by atoms with Gasteiger partial charge in [0.2, 0.25) is 5.91 Å². The van der Waals surface area contributed by atoms with Crippen LogP contribution in [-0.2, 0) is 10.2 Å². The molecule has 1 heterocycles. The molecule has 0 saturated carbocycles. The first-order chi connectivity index (χ1) is 17.5. The molecule has 0 spiro atoms. The summed E-state index contributed by atoms with van der Waals surface area (Å²) in [6.07, 6.45) is 2.85. The molecule has 7 heteroatoms. The molecule has 0 aliphatic carbocycles. The average Bonchev–Trinajstić information content (AvgIpc) is 3.24. The summed E-state index contributed by atoms with van der Waals surface area (Å²) in [5.74, 6) is 0.329. The van der Waals surface area contributed by atoms with E-state index >= 15 is 0 Å². The van der Waals surface area contributed by atoms with E-state index in [1.54, 1.807) is 9.58 Å². The fourth-order valence-electron chi connectivity index (χ4n) is 4.13. The van der Waals surface area contributed by atoms with Crippen LogP contribution in [0, 0.1) is 20.8 Å². The molecule has 0 atom stereocenters. The zero-order valence-electron chi connectivity index (χ0n) is 23.3. The van der Waals surface area contributed by atoms with E-state index in [0.29, 0.717) is 12.4 Å². The lowest BCUT2D eigenvalue weighted by molar-refractivity contribution is -0.116. The van der Waals surface area contributed by atoms with Crippen molar-refractivity contribution >= 4 is 23.4 Å². The summed E-state index contributed by atoms with van der Waals surface area (Å²) in [7, 11) is 0. The van der Waals surface area contributed by atoms with Crippen molar-refractivity contribution in [2.75, 3.05) is 23.7 Å². The summed E-state index contributed by atoms with van der Waals surface area (Å²) in [4.78, 5) is 28.1. The Bertz CT molecular complexity index is 1240. The standard InChI is InChI=1S/C30H41N5O2/c1-8-9-12-17-34(29(37)31-24-16-15-21(2)18-23(24)4)20-28(36)32-27-19-26(30(5,6)7)33-35(27)25-14-11-10-13-22(25)3/h10-11,13-16,18-19H,8-9,12,17,20H2,1-7H3,(H,31,37)(H,32,36). The van der Waals surface area contributed by atoms with Gasteiger partial charge in [-0.25, -0.2) is 9.48 Å². The maximum absolute atomic E-state index is 13.3. The average molecular weight is 504 g/mol. The van der Waals surface area contributed by atoms with Crippen LogP contribution in [0.3, 0.4) is 0 Å². The largest absolute Gasteiger partial charge is 0.322 e. The van der Waals surface area contributed by atoms with E-state index in [2.05, 4.69) is 38.3 Å². The molecule has 0 bridgehead atoms. The zero-order chi connectivity index (χ0) is 27.2. The predicted molar refractivity (Wildman–Crippen MR) is 152 cm³/mol. The van der Waals surface area contributed by atoms with Gasteiger partial charge in [0.25, 0.3) is 0 Å². The van der Waals surface area contributed by atoms with Gasteiger partial charge in [0.15, 0.2) is 0 Å². The summed E-state index contributed by atoms with van der Waals surface area (Å²) in [6, 6.07) is 15.5. The van der Waals surface area contributed by atoms with Gasteiger partial charge in [-0.15, -0.1) is 0 Å². The number of hydrogen-bond donors (Lipinski definition) is 2. The molecule has 0 radical (unpaired) electrons. The van der Waals surface area contributed by atoms with Gasteiger partial charge in [0, 0.05) is 23.7 Å². The molecule has 1 aromatic heterocycles. The highest BCUT2D eigenvalue weighted by Crippen LogP contribution is 2.27. The minimum atomic E-state index is -0.277. The number of amides is 3. The van der Waals surface area contributed by atoms with Crippen LogP contribution in [0.15, 0.2) is 48.5 Å². The third-order valence-corrected chi connectivity index (χ3v) is 6.37. The number of para-hydroxylation sites is 1. The lowest BCUT2D eigenvalue weighted by Gasteiger charge is -2.23. The van der Waals surface area contributed by atoms with Crippen LogP contribution in [0.4, 0.5) is 16.3 Å². The van der Waals surface area contributed by atoms with Gasteiger partial charge < -0.3 is 15.5 Å². The van der Waals surface area contributed by atoms with E-state index in [0.717, 1.165) is 53.0 Å². The summed E-state index contributed by atoms with van der Waals surface area (Å²) < 4.78 is 1.78. The van der Waals surface area contributed by atoms with E-state index in [1.807, 2.05) is 69.3 Å².